The number of halogens is 2. The highest BCUT2D eigenvalue weighted by Crippen LogP contribution is 2.19. The number of rotatable bonds is 5. The molecule has 1 N–H and O–H groups in total. The van der Waals surface area contributed by atoms with Crippen molar-refractivity contribution in [3.63, 3.8) is 0 Å². The predicted octanol–water partition coefficient (Wildman–Crippen LogP) is 3.53. The monoisotopic (exact) mass is 343 g/mol. The van der Waals surface area contributed by atoms with Crippen molar-refractivity contribution in [2.45, 2.75) is 6.61 Å². The molecule has 0 bridgehead atoms. The van der Waals surface area contributed by atoms with E-state index in [0.29, 0.717) is 16.9 Å². The van der Waals surface area contributed by atoms with Crippen LogP contribution in [0.5, 0.6) is 5.75 Å². The highest BCUT2D eigenvalue weighted by Gasteiger charge is 2.10. The Morgan fingerprint density at radius 3 is 2.76 bits per heavy atom. The summed E-state index contributed by atoms with van der Waals surface area (Å²) in [5, 5.41) is 6.76. The highest BCUT2D eigenvalue weighted by atomic mass is 19.1. The fourth-order valence-electron chi connectivity index (χ4n) is 2.23. The lowest BCUT2D eigenvalue weighted by Gasteiger charge is -2.09. The van der Waals surface area contributed by atoms with Gasteiger partial charge in [0.25, 0.3) is 5.91 Å². The number of aromatic nitrogens is 2. The van der Waals surface area contributed by atoms with Gasteiger partial charge >= 0.3 is 0 Å². The molecule has 0 atom stereocenters. The van der Waals surface area contributed by atoms with Gasteiger partial charge in [-0.25, -0.2) is 8.78 Å². The molecule has 0 unspecified atom stereocenters. The Balaban J connectivity index is 1.67. The third-order valence-corrected chi connectivity index (χ3v) is 3.43. The SMILES string of the molecule is Cn1ccc(NC(=O)c2cccc(COc3ccc(F)cc3F)c2)n1. The molecular weight excluding hydrogens is 328 g/mol. The standard InChI is InChI=1S/C18H15F2N3O2/c1-23-8-7-17(22-23)21-18(24)13-4-2-3-12(9-13)11-25-16-6-5-14(19)10-15(16)20/h2-10H,11H2,1H3,(H,21,22,24). The summed E-state index contributed by atoms with van der Waals surface area (Å²) in [6.07, 6.45) is 1.72. The summed E-state index contributed by atoms with van der Waals surface area (Å²) in [5.74, 6) is -1.36. The van der Waals surface area contributed by atoms with E-state index in [1.54, 1.807) is 48.3 Å². The first-order valence-electron chi connectivity index (χ1n) is 7.49. The zero-order valence-corrected chi connectivity index (χ0v) is 13.4. The van der Waals surface area contributed by atoms with Gasteiger partial charge in [0.1, 0.15) is 12.4 Å². The van der Waals surface area contributed by atoms with Crippen molar-refractivity contribution in [2.24, 2.45) is 7.05 Å². The third kappa shape index (κ3) is 4.20. The fraction of sp³-hybridized carbons (Fsp3) is 0.111. The van der Waals surface area contributed by atoms with E-state index in [0.717, 1.165) is 12.1 Å². The number of benzene rings is 2. The number of hydrogen-bond donors (Lipinski definition) is 1. The zero-order chi connectivity index (χ0) is 17.8. The molecular formula is C18H15F2N3O2. The topological polar surface area (TPSA) is 56.2 Å². The Morgan fingerprint density at radius 1 is 1.20 bits per heavy atom. The first kappa shape index (κ1) is 16.6. The van der Waals surface area contributed by atoms with Crippen LogP contribution < -0.4 is 10.1 Å². The molecule has 0 aliphatic rings. The third-order valence-electron chi connectivity index (χ3n) is 3.43. The van der Waals surface area contributed by atoms with Gasteiger partial charge < -0.3 is 10.1 Å². The zero-order valence-electron chi connectivity index (χ0n) is 13.4. The number of ether oxygens (including phenoxy) is 1. The smallest absolute Gasteiger partial charge is 0.256 e. The molecule has 0 aliphatic heterocycles. The van der Waals surface area contributed by atoms with E-state index in [9.17, 15) is 13.6 Å². The van der Waals surface area contributed by atoms with E-state index >= 15 is 0 Å². The summed E-state index contributed by atoms with van der Waals surface area (Å²) in [4.78, 5) is 12.2. The van der Waals surface area contributed by atoms with Crippen LogP contribution in [0.15, 0.2) is 54.7 Å². The maximum Gasteiger partial charge on any atom is 0.256 e. The molecule has 128 valence electrons. The molecule has 0 spiro atoms. The van der Waals surface area contributed by atoms with Crippen LogP contribution in [-0.2, 0) is 13.7 Å². The Hall–Kier alpha value is -3.22. The van der Waals surface area contributed by atoms with E-state index in [-0.39, 0.29) is 18.3 Å². The molecule has 1 heterocycles. The van der Waals surface area contributed by atoms with E-state index in [1.807, 2.05) is 0 Å². The normalized spacial score (nSPS) is 10.5. The van der Waals surface area contributed by atoms with Gasteiger partial charge in [-0.2, -0.15) is 5.10 Å². The van der Waals surface area contributed by atoms with Gasteiger partial charge in [-0.15, -0.1) is 0 Å². The van der Waals surface area contributed by atoms with Gasteiger partial charge in [0.05, 0.1) is 0 Å². The number of nitrogens with zero attached hydrogens (tertiary/aromatic N) is 2. The van der Waals surface area contributed by atoms with Crippen LogP contribution in [0.1, 0.15) is 15.9 Å². The molecule has 7 heteroatoms. The van der Waals surface area contributed by atoms with Crippen molar-refractivity contribution in [1.29, 1.82) is 0 Å². The lowest BCUT2D eigenvalue weighted by molar-refractivity contribution is 0.102. The number of aryl methyl sites for hydroxylation is 1. The number of nitrogens with one attached hydrogen (secondary N) is 1. The van der Waals surface area contributed by atoms with E-state index in [1.165, 1.54) is 6.07 Å². The van der Waals surface area contributed by atoms with Crippen LogP contribution >= 0.6 is 0 Å². The van der Waals surface area contributed by atoms with Crippen molar-refractivity contribution in [3.05, 3.63) is 77.5 Å². The first-order chi connectivity index (χ1) is 12.0. The van der Waals surface area contributed by atoms with Crippen molar-refractivity contribution >= 4 is 11.7 Å². The first-order valence-corrected chi connectivity index (χ1v) is 7.49. The van der Waals surface area contributed by atoms with Crippen molar-refractivity contribution in [1.82, 2.24) is 9.78 Å². The average Bonchev–Trinajstić information content (AvgIpc) is 2.99. The second kappa shape index (κ2) is 7.12. The summed E-state index contributed by atoms with van der Waals surface area (Å²) < 4.78 is 33.4. The van der Waals surface area contributed by atoms with Crippen molar-refractivity contribution in [2.75, 3.05) is 5.32 Å². The average molecular weight is 343 g/mol. The molecule has 1 aromatic heterocycles. The van der Waals surface area contributed by atoms with Crippen LogP contribution in [0.25, 0.3) is 0 Å². The molecule has 1 amide bonds. The largest absolute Gasteiger partial charge is 0.486 e. The second-order valence-corrected chi connectivity index (χ2v) is 5.39. The molecule has 5 nitrogen and oxygen atoms in total. The van der Waals surface area contributed by atoms with Crippen LogP contribution in [0.2, 0.25) is 0 Å². The minimum atomic E-state index is -0.774. The van der Waals surface area contributed by atoms with E-state index in [2.05, 4.69) is 10.4 Å². The van der Waals surface area contributed by atoms with Crippen molar-refractivity contribution < 1.29 is 18.3 Å². The van der Waals surface area contributed by atoms with Gasteiger partial charge in [-0.1, -0.05) is 12.1 Å². The second-order valence-electron chi connectivity index (χ2n) is 5.39. The Morgan fingerprint density at radius 2 is 2.04 bits per heavy atom. The van der Waals surface area contributed by atoms with Gasteiger partial charge in [0, 0.05) is 30.9 Å². The summed E-state index contributed by atoms with van der Waals surface area (Å²) in [6, 6.07) is 11.5. The number of anilines is 1. The van der Waals surface area contributed by atoms with Crippen molar-refractivity contribution in [3.8, 4) is 5.75 Å². The molecule has 25 heavy (non-hydrogen) atoms. The predicted molar refractivity (Wildman–Crippen MR) is 88.3 cm³/mol. The Labute approximate surface area is 142 Å². The van der Waals surface area contributed by atoms with Crippen LogP contribution in [-0.4, -0.2) is 15.7 Å². The fourth-order valence-corrected chi connectivity index (χ4v) is 2.23. The molecule has 0 saturated heterocycles. The molecule has 0 radical (unpaired) electrons. The van der Waals surface area contributed by atoms with Crippen LogP contribution in [0.4, 0.5) is 14.6 Å². The molecule has 0 saturated carbocycles. The molecule has 3 aromatic rings. The molecule has 2 aromatic carbocycles. The Kier molecular flexibility index (Phi) is 4.74. The summed E-state index contributed by atoms with van der Waals surface area (Å²) in [5.41, 5.74) is 1.10. The maximum atomic E-state index is 13.6. The number of carbonyl (C=O) groups is 1. The van der Waals surface area contributed by atoms with E-state index in [4.69, 9.17) is 4.74 Å². The van der Waals surface area contributed by atoms with Gasteiger partial charge in [-0.05, 0) is 29.8 Å². The number of amides is 1. The lowest BCUT2D eigenvalue weighted by Crippen LogP contribution is -2.13. The van der Waals surface area contributed by atoms with Crippen LogP contribution in [0, 0.1) is 11.6 Å². The summed E-state index contributed by atoms with van der Waals surface area (Å²) >= 11 is 0. The van der Waals surface area contributed by atoms with Gasteiger partial charge in [0.15, 0.2) is 17.4 Å². The Bertz CT molecular complexity index is 909. The molecule has 0 fully saturated rings. The minimum Gasteiger partial charge on any atom is -0.486 e. The molecule has 3 rings (SSSR count). The summed E-state index contributed by atoms with van der Waals surface area (Å²) in [6.45, 7) is 0.0489. The number of hydrogen-bond acceptors (Lipinski definition) is 3. The lowest BCUT2D eigenvalue weighted by atomic mass is 10.1. The highest BCUT2D eigenvalue weighted by molar-refractivity contribution is 6.03. The van der Waals surface area contributed by atoms with E-state index < -0.39 is 11.6 Å². The quantitative estimate of drug-likeness (QED) is 0.771. The number of carbonyl (C=O) groups excluding carboxylic acids is 1. The van der Waals surface area contributed by atoms with Gasteiger partial charge in [-0.3, -0.25) is 9.48 Å². The maximum absolute atomic E-state index is 13.6. The summed E-state index contributed by atoms with van der Waals surface area (Å²) in [7, 11) is 1.75. The van der Waals surface area contributed by atoms with Gasteiger partial charge in [0.2, 0.25) is 0 Å². The van der Waals surface area contributed by atoms with Crippen LogP contribution in [0.3, 0.4) is 0 Å². The molecule has 0 aliphatic carbocycles. The minimum absolute atomic E-state index is 0.0489.